The molecule has 2 fully saturated rings. The molecular weight excluding hydrogens is 279 g/mol. The predicted octanol–water partition coefficient (Wildman–Crippen LogP) is 4.05. The maximum absolute atomic E-state index is 6.35. The molecule has 2 N–H and O–H groups in total. The highest BCUT2D eigenvalue weighted by Crippen LogP contribution is 2.43. The van der Waals surface area contributed by atoms with E-state index in [9.17, 15) is 0 Å². The van der Waals surface area contributed by atoms with Crippen molar-refractivity contribution in [1.82, 2.24) is 0 Å². The highest BCUT2D eigenvalue weighted by Gasteiger charge is 2.48. The lowest BCUT2D eigenvalue weighted by atomic mass is 9.98. The van der Waals surface area contributed by atoms with Gasteiger partial charge >= 0.3 is 0 Å². The van der Waals surface area contributed by atoms with Crippen LogP contribution in [0.1, 0.15) is 31.2 Å². The number of rotatable bonds is 2. The Morgan fingerprint density at radius 1 is 1.21 bits per heavy atom. The Hall–Kier alpha value is -0.440. The van der Waals surface area contributed by atoms with Crippen molar-refractivity contribution in [1.29, 1.82) is 0 Å². The van der Waals surface area contributed by atoms with Crippen LogP contribution in [0.25, 0.3) is 0 Å². The number of hydrogen-bond acceptors (Lipinski definition) is 1. The van der Waals surface area contributed by atoms with Crippen molar-refractivity contribution in [2.75, 3.05) is 12.8 Å². The molecule has 0 spiro atoms. The minimum atomic E-state index is 0.615. The van der Waals surface area contributed by atoms with Gasteiger partial charge in [0.1, 0.15) is 6.54 Å². The van der Waals surface area contributed by atoms with Crippen molar-refractivity contribution < 1.29 is 4.48 Å². The zero-order valence-corrected chi connectivity index (χ0v) is 12.7. The van der Waals surface area contributed by atoms with Crippen molar-refractivity contribution in [3.63, 3.8) is 0 Å². The first-order chi connectivity index (χ1) is 9.00. The number of benzene rings is 1. The van der Waals surface area contributed by atoms with Gasteiger partial charge in [-0.1, -0.05) is 23.2 Å². The lowest BCUT2D eigenvalue weighted by molar-refractivity contribution is -0.958. The zero-order chi connectivity index (χ0) is 13.6. The fourth-order valence-corrected chi connectivity index (χ4v) is 4.43. The van der Waals surface area contributed by atoms with Gasteiger partial charge in [0.2, 0.25) is 0 Å². The molecule has 1 aromatic rings. The monoisotopic (exact) mass is 298 g/mol. The molecule has 19 heavy (non-hydrogen) atoms. The Morgan fingerprint density at radius 2 is 1.84 bits per heavy atom. The molecule has 0 aromatic heterocycles. The normalized spacial score (nSPS) is 33.6. The van der Waals surface area contributed by atoms with Crippen LogP contribution < -0.4 is 5.73 Å². The Kier molecular flexibility index (Phi) is 3.45. The molecule has 2 heterocycles. The van der Waals surface area contributed by atoms with Crippen LogP contribution in [-0.2, 0) is 6.54 Å². The Morgan fingerprint density at radius 3 is 2.42 bits per heavy atom. The van der Waals surface area contributed by atoms with Crippen LogP contribution in [0.3, 0.4) is 0 Å². The lowest BCUT2D eigenvalue weighted by Gasteiger charge is -2.45. The summed E-state index contributed by atoms with van der Waals surface area (Å²) in [6, 6.07) is 5.07. The second-order valence-electron chi connectivity index (χ2n) is 6.11. The SMILES string of the molecule is C[N+]1(Cc2c(N)cc(Cl)cc2Cl)C2C[CH]CC1CC2. The van der Waals surface area contributed by atoms with Crippen molar-refractivity contribution in [3.05, 3.63) is 34.2 Å². The van der Waals surface area contributed by atoms with Crippen LogP contribution in [0.4, 0.5) is 5.69 Å². The van der Waals surface area contributed by atoms with Gasteiger partial charge in [-0.05, 0) is 18.6 Å². The average Bonchev–Trinajstić information content (AvgIpc) is 2.55. The molecule has 1 radical (unpaired) electrons. The summed E-state index contributed by atoms with van der Waals surface area (Å²) in [5.41, 5.74) is 7.91. The minimum Gasteiger partial charge on any atom is -0.398 e. The number of nitrogen functional groups attached to an aromatic ring is 1. The van der Waals surface area contributed by atoms with Crippen LogP contribution in [0.2, 0.25) is 10.0 Å². The molecule has 4 heteroatoms. The molecule has 2 bridgehead atoms. The number of hydrogen-bond donors (Lipinski definition) is 1. The van der Waals surface area contributed by atoms with Crippen LogP contribution in [0.5, 0.6) is 0 Å². The first kappa shape index (κ1) is 13.5. The standard InChI is InChI=1S/C15H20Cl2N2/c1-19(11-3-2-4-12(19)6-5-11)9-13-14(17)7-10(16)8-15(13)18/h2,7-8,11-12H,3-6,9,18H2,1H3/q+1. The number of nitrogens with zero attached hydrogens (tertiary/aromatic N) is 1. The van der Waals surface area contributed by atoms with E-state index in [-0.39, 0.29) is 0 Å². The van der Waals surface area contributed by atoms with Crippen LogP contribution in [0, 0.1) is 6.42 Å². The second-order valence-corrected chi connectivity index (χ2v) is 6.95. The minimum absolute atomic E-state index is 0.615. The maximum atomic E-state index is 6.35. The predicted molar refractivity (Wildman–Crippen MR) is 81.1 cm³/mol. The number of nitrogens with two attached hydrogens (primary N) is 1. The lowest BCUT2D eigenvalue weighted by Crippen LogP contribution is -2.55. The summed E-state index contributed by atoms with van der Waals surface area (Å²) < 4.78 is 1.09. The van der Waals surface area contributed by atoms with Gasteiger partial charge in [0.15, 0.2) is 0 Å². The van der Waals surface area contributed by atoms with Gasteiger partial charge in [-0.2, -0.15) is 0 Å². The van der Waals surface area contributed by atoms with E-state index < -0.39 is 0 Å². The highest BCUT2D eigenvalue weighted by molar-refractivity contribution is 6.35. The smallest absolute Gasteiger partial charge is 0.108 e. The molecule has 2 aliphatic rings. The molecule has 1 aromatic carbocycles. The summed E-state index contributed by atoms with van der Waals surface area (Å²) >= 11 is 12.3. The molecule has 2 aliphatic heterocycles. The van der Waals surface area contributed by atoms with Gasteiger partial charge in [-0.3, -0.25) is 0 Å². The summed E-state index contributed by atoms with van der Waals surface area (Å²) in [6.07, 6.45) is 7.54. The topological polar surface area (TPSA) is 26.0 Å². The summed E-state index contributed by atoms with van der Waals surface area (Å²) in [4.78, 5) is 0. The van der Waals surface area contributed by atoms with Crippen LogP contribution >= 0.6 is 23.2 Å². The molecule has 0 aliphatic carbocycles. The van der Waals surface area contributed by atoms with Gasteiger partial charge in [0.05, 0.1) is 24.2 Å². The first-order valence-corrected chi connectivity index (χ1v) is 7.66. The number of halogens is 2. The quantitative estimate of drug-likeness (QED) is 0.647. The maximum Gasteiger partial charge on any atom is 0.108 e. The third-order valence-corrected chi connectivity index (χ3v) is 5.63. The van der Waals surface area contributed by atoms with E-state index in [1.165, 1.54) is 25.7 Å². The van der Waals surface area contributed by atoms with Gasteiger partial charge in [0.25, 0.3) is 0 Å². The fourth-order valence-electron chi connectivity index (χ4n) is 3.86. The average molecular weight is 299 g/mol. The zero-order valence-electron chi connectivity index (χ0n) is 11.2. The van der Waals surface area contributed by atoms with Gasteiger partial charge in [-0.25, -0.2) is 0 Å². The summed E-state index contributed by atoms with van der Waals surface area (Å²) in [5, 5.41) is 1.32. The molecule has 2 atom stereocenters. The van der Waals surface area contributed by atoms with Crippen LogP contribution in [-0.4, -0.2) is 23.6 Å². The third kappa shape index (κ3) is 2.24. The second kappa shape index (κ2) is 4.83. The van der Waals surface area contributed by atoms with Gasteiger partial charge in [0, 0.05) is 42.0 Å². The number of quaternary nitrogens is 1. The van der Waals surface area contributed by atoms with Crippen molar-refractivity contribution in [2.24, 2.45) is 0 Å². The number of anilines is 1. The summed E-state index contributed by atoms with van der Waals surface area (Å²) in [7, 11) is 2.36. The molecule has 2 saturated heterocycles. The highest BCUT2D eigenvalue weighted by atomic mass is 35.5. The van der Waals surface area contributed by atoms with Gasteiger partial charge in [-0.15, -0.1) is 0 Å². The molecule has 3 rings (SSSR count). The van der Waals surface area contributed by atoms with E-state index in [4.69, 9.17) is 28.9 Å². The fraction of sp³-hybridized carbons (Fsp3) is 0.533. The molecule has 2 nitrogen and oxygen atoms in total. The largest absolute Gasteiger partial charge is 0.398 e. The molecule has 0 saturated carbocycles. The Labute approximate surface area is 125 Å². The number of piperidine rings is 1. The molecule has 0 amide bonds. The van der Waals surface area contributed by atoms with E-state index in [0.29, 0.717) is 10.0 Å². The van der Waals surface area contributed by atoms with Crippen LogP contribution in [0.15, 0.2) is 12.1 Å². The van der Waals surface area contributed by atoms with Crippen molar-refractivity contribution in [2.45, 2.75) is 44.3 Å². The van der Waals surface area contributed by atoms with E-state index in [2.05, 4.69) is 13.5 Å². The molecule has 2 unspecified atom stereocenters. The Balaban J connectivity index is 1.93. The van der Waals surface area contributed by atoms with Gasteiger partial charge < -0.3 is 10.2 Å². The Bertz CT molecular complexity index is 462. The van der Waals surface area contributed by atoms with E-state index in [1.54, 1.807) is 6.07 Å². The van der Waals surface area contributed by atoms with E-state index >= 15 is 0 Å². The number of fused-ring (bicyclic) bond motifs is 2. The van der Waals surface area contributed by atoms with E-state index in [0.717, 1.165) is 34.4 Å². The molecular formula is C15H20Cl2N2+. The van der Waals surface area contributed by atoms with Crippen molar-refractivity contribution >= 4 is 28.9 Å². The summed E-state index contributed by atoms with van der Waals surface area (Å²) in [6.45, 7) is 0.922. The van der Waals surface area contributed by atoms with E-state index in [1.807, 2.05) is 6.07 Å². The third-order valence-electron chi connectivity index (χ3n) is 5.07. The first-order valence-electron chi connectivity index (χ1n) is 6.90. The van der Waals surface area contributed by atoms with Crippen molar-refractivity contribution in [3.8, 4) is 0 Å². The summed E-state index contributed by atoms with van der Waals surface area (Å²) in [5.74, 6) is 0. The molecule has 103 valence electrons.